The van der Waals surface area contributed by atoms with Crippen LogP contribution >= 0.6 is 0 Å². The van der Waals surface area contributed by atoms with Crippen LogP contribution in [0.5, 0.6) is 0 Å². The number of likely N-dealkylation sites (tertiary alicyclic amines) is 1. The highest BCUT2D eigenvalue weighted by molar-refractivity contribution is 5.86. The summed E-state index contributed by atoms with van der Waals surface area (Å²) in [5.74, 6) is 9.72. The van der Waals surface area contributed by atoms with Gasteiger partial charge in [-0.05, 0) is 52.4 Å². The van der Waals surface area contributed by atoms with Crippen molar-refractivity contribution in [2.24, 2.45) is 11.5 Å². The lowest BCUT2D eigenvalue weighted by Crippen LogP contribution is -2.42. The first-order valence-corrected chi connectivity index (χ1v) is 17.3. The molecule has 2 unspecified atom stereocenters. The molecular weight excluding hydrogens is 692 g/mol. The van der Waals surface area contributed by atoms with Crippen molar-refractivity contribution in [1.29, 1.82) is 0 Å². The Bertz CT molecular complexity index is 1960. The molecule has 1 fully saturated rings. The fourth-order valence-electron chi connectivity index (χ4n) is 5.85. The Hall–Kier alpha value is -6.15. The summed E-state index contributed by atoms with van der Waals surface area (Å²) in [6, 6.07) is 18.7. The first-order chi connectivity index (χ1) is 26.1. The second-order valence-electron chi connectivity index (χ2n) is 12.4. The number of carbonyl (C=O) groups excluding carboxylic acids is 5. The maximum atomic E-state index is 13.2. The zero-order valence-corrected chi connectivity index (χ0v) is 30.4. The predicted octanol–water partition coefficient (Wildman–Crippen LogP) is 2.31. The minimum atomic E-state index is -0.844. The molecule has 1 saturated heterocycles. The van der Waals surface area contributed by atoms with E-state index in [0.29, 0.717) is 36.2 Å². The number of hydrogen-bond acceptors (Lipinski definition) is 11. The van der Waals surface area contributed by atoms with E-state index in [1.165, 1.54) is 19.1 Å². The van der Waals surface area contributed by atoms with Crippen LogP contribution in [0, 0.1) is 23.7 Å². The summed E-state index contributed by atoms with van der Waals surface area (Å²) in [7, 11) is 2.54. The van der Waals surface area contributed by atoms with E-state index in [1.807, 2.05) is 48.5 Å². The van der Waals surface area contributed by atoms with Gasteiger partial charge in [-0.2, -0.15) is 0 Å². The lowest BCUT2D eigenvalue weighted by molar-refractivity contribution is -0.150. The molecule has 13 heteroatoms. The van der Waals surface area contributed by atoms with Crippen molar-refractivity contribution >= 4 is 29.9 Å². The monoisotopic (exact) mass is 736 g/mol. The number of nitrogens with zero attached hydrogens (tertiary/aromatic N) is 1. The van der Waals surface area contributed by atoms with E-state index in [1.54, 1.807) is 18.2 Å². The molecule has 2 atom stereocenters. The van der Waals surface area contributed by atoms with Crippen molar-refractivity contribution in [3.63, 3.8) is 0 Å². The van der Waals surface area contributed by atoms with Gasteiger partial charge in [-0.25, -0.2) is 9.59 Å². The molecule has 0 aliphatic carbocycles. The fraction of sp³-hybridized carbons (Fsp3) is 0.341. The van der Waals surface area contributed by atoms with Gasteiger partial charge >= 0.3 is 24.0 Å². The second kappa shape index (κ2) is 20.8. The number of nitrogens with one attached hydrogen (secondary N) is 1. The van der Waals surface area contributed by atoms with E-state index in [4.69, 9.17) is 30.4 Å². The smallest absolute Gasteiger partial charge is 0.408 e. The van der Waals surface area contributed by atoms with Crippen LogP contribution in [0.1, 0.15) is 51.8 Å². The zero-order valence-electron chi connectivity index (χ0n) is 30.4. The third-order valence-electron chi connectivity index (χ3n) is 8.46. The molecule has 0 spiro atoms. The minimum Gasteiger partial charge on any atom is -0.469 e. The summed E-state index contributed by atoms with van der Waals surface area (Å²) in [6.45, 7) is 0.465. The number of nitrogens with two attached hydrogens (primary N) is 2. The number of hydrogen-bond donors (Lipinski definition) is 3. The molecule has 1 heterocycles. The number of carbonyl (C=O) groups is 5. The summed E-state index contributed by atoms with van der Waals surface area (Å²) in [5.41, 5.74) is 16.6. The number of aryl methyl sites for hydroxylation is 1. The number of benzene rings is 3. The number of ether oxygens (including phenoxy) is 4. The SMILES string of the molecule is COC(=O)Cc1cc(C#CCOC(=O)Cc2cccc(CN)c2)cc(C#CCOC(=O)NC2CC(C(=O)OC)N(C(=O)CCc3cccc(CN)c3)C2)c1. The van der Waals surface area contributed by atoms with E-state index < -0.39 is 36.1 Å². The first kappa shape index (κ1) is 40.6. The highest BCUT2D eigenvalue weighted by atomic mass is 16.5. The van der Waals surface area contributed by atoms with Crippen LogP contribution in [0.4, 0.5) is 4.79 Å². The number of amides is 2. The molecule has 3 aromatic rings. The van der Waals surface area contributed by atoms with Crippen LogP contribution in [0.3, 0.4) is 0 Å². The highest BCUT2D eigenvalue weighted by Crippen LogP contribution is 2.21. The topological polar surface area (TPSA) is 190 Å². The van der Waals surface area contributed by atoms with Gasteiger partial charge < -0.3 is 40.6 Å². The largest absolute Gasteiger partial charge is 0.469 e. The van der Waals surface area contributed by atoms with Gasteiger partial charge in [-0.3, -0.25) is 14.4 Å². The van der Waals surface area contributed by atoms with Crippen molar-refractivity contribution in [3.8, 4) is 23.7 Å². The van der Waals surface area contributed by atoms with Crippen LogP contribution in [-0.4, -0.2) is 80.9 Å². The summed E-state index contributed by atoms with van der Waals surface area (Å²) < 4.78 is 20.2. The summed E-state index contributed by atoms with van der Waals surface area (Å²) in [6.07, 6.45) is 0.103. The van der Waals surface area contributed by atoms with Gasteiger partial charge in [0, 0.05) is 43.6 Å². The van der Waals surface area contributed by atoms with Crippen molar-refractivity contribution in [1.82, 2.24) is 10.2 Å². The lowest BCUT2D eigenvalue weighted by atomic mass is 10.0. The molecule has 1 aliphatic heterocycles. The summed E-state index contributed by atoms with van der Waals surface area (Å²) in [5, 5.41) is 2.71. The van der Waals surface area contributed by atoms with Crippen LogP contribution in [0.2, 0.25) is 0 Å². The van der Waals surface area contributed by atoms with Crippen LogP contribution < -0.4 is 16.8 Å². The molecule has 5 N–H and O–H groups in total. The Morgan fingerprint density at radius 2 is 1.33 bits per heavy atom. The molecule has 0 saturated carbocycles. The Balaban J connectivity index is 1.31. The van der Waals surface area contributed by atoms with Crippen LogP contribution in [-0.2, 0) is 70.5 Å². The van der Waals surface area contributed by atoms with Gasteiger partial charge in [-0.1, -0.05) is 72.2 Å². The van der Waals surface area contributed by atoms with Crippen LogP contribution in [0.15, 0.2) is 66.7 Å². The average molecular weight is 737 g/mol. The number of alkyl carbamates (subject to hydrolysis) is 1. The molecule has 4 rings (SSSR count). The van der Waals surface area contributed by atoms with Crippen LogP contribution in [0.25, 0.3) is 0 Å². The molecule has 0 bridgehead atoms. The first-order valence-electron chi connectivity index (χ1n) is 17.3. The van der Waals surface area contributed by atoms with E-state index in [2.05, 4.69) is 29.0 Å². The van der Waals surface area contributed by atoms with E-state index in [0.717, 1.165) is 22.3 Å². The molecule has 1 aliphatic rings. The number of esters is 3. The molecule has 2 amide bonds. The second-order valence-corrected chi connectivity index (χ2v) is 12.4. The van der Waals surface area contributed by atoms with Crippen molar-refractivity contribution in [2.45, 2.75) is 57.3 Å². The van der Waals surface area contributed by atoms with Gasteiger partial charge in [0.2, 0.25) is 5.91 Å². The Labute approximate surface area is 314 Å². The van der Waals surface area contributed by atoms with Gasteiger partial charge in [0.1, 0.15) is 6.04 Å². The molecule has 0 radical (unpaired) electrons. The molecule has 3 aromatic carbocycles. The van der Waals surface area contributed by atoms with Gasteiger partial charge in [0.05, 0.1) is 33.1 Å². The van der Waals surface area contributed by atoms with Gasteiger partial charge in [-0.15, -0.1) is 0 Å². The highest BCUT2D eigenvalue weighted by Gasteiger charge is 2.40. The Morgan fingerprint density at radius 3 is 1.96 bits per heavy atom. The Kier molecular flexibility index (Phi) is 15.6. The van der Waals surface area contributed by atoms with Crippen molar-refractivity contribution < 1.29 is 42.9 Å². The standard InChI is InChI=1S/C41H44N4O9/c1-51-38(47)23-34-20-29(11-5-15-53-39(48)22-31-8-4-10-33(19-31)26-43)18-30(21-34)12-6-16-54-41(50)44-35-24-36(40(49)52-2)45(27-35)37(46)14-13-28-7-3-9-32(17-28)25-42/h3-4,7-10,17-21,35-36H,13-16,22-27,42-43H2,1-2H3,(H,44,50). The average Bonchev–Trinajstić information content (AvgIpc) is 3.60. The van der Waals surface area contributed by atoms with E-state index in [9.17, 15) is 24.0 Å². The summed E-state index contributed by atoms with van der Waals surface area (Å²) >= 11 is 0. The number of methoxy groups -OCH3 is 2. The van der Waals surface area contributed by atoms with E-state index >= 15 is 0 Å². The zero-order chi connectivity index (χ0) is 38.9. The fourth-order valence-corrected chi connectivity index (χ4v) is 5.85. The number of rotatable bonds is 13. The lowest BCUT2D eigenvalue weighted by Gasteiger charge is -2.22. The van der Waals surface area contributed by atoms with Crippen molar-refractivity contribution in [3.05, 3.63) is 106 Å². The molecule has 54 heavy (non-hydrogen) atoms. The molecule has 0 aromatic heterocycles. The molecule has 282 valence electrons. The third-order valence-corrected chi connectivity index (χ3v) is 8.46. The third kappa shape index (κ3) is 12.8. The molecule has 13 nitrogen and oxygen atoms in total. The van der Waals surface area contributed by atoms with Gasteiger partial charge in [0.25, 0.3) is 0 Å². The normalized spacial score (nSPS) is 14.4. The predicted molar refractivity (Wildman–Crippen MR) is 198 cm³/mol. The van der Waals surface area contributed by atoms with Crippen molar-refractivity contribution in [2.75, 3.05) is 34.0 Å². The quantitative estimate of drug-likeness (QED) is 0.133. The maximum absolute atomic E-state index is 13.2. The minimum absolute atomic E-state index is 0.0224. The Morgan fingerprint density at radius 1 is 0.741 bits per heavy atom. The van der Waals surface area contributed by atoms with Gasteiger partial charge in [0.15, 0.2) is 13.2 Å². The maximum Gasteiger partial charge on any atom is 0.408 e. The molecular formula is C41H44N4O9. The summed E-state index contributed by atoms with van der Waals surface area (Å²) in [4.78, 5) is 64.0. The van der Waals surface area contributed by atoms with E-state index in [-0.39, 0.29) is 51.3 Å².